The van der Waals surface area contributed by atoms with Crippen LogP contribution >= 0.6 is 11.6 Å². The van der Waals surface area contributed by atoms with E-state index in [-0.39, 0.29) is 29.3 Å². The van der Waals surface area contributed by atoms with Crippen LogP contribution < -0.4 is 10.2 Å². The molecule has 1 N–H and O–H groups in total. The van der Waals surface area contributed by atoms with Crippen LogP contribution in [0.1, 0.15) is 16.8 Å². The third-order valence-corrected chi connectivity index (χ3v) is 6.79. The lowest BCUT2D eigenvalue weighted by molar-refractivity contribution is 0.0949. The summed E-state index contributed by atoms with van der Waals surface area (Å²) >= 11 is 5.85. The van der Waals surface area contributed by atoms with Crippen molar-refractivity contribution in [1.29, 1.82) is 0 Å². The van der Waals surface area contributed by atoms with Crippen LogP contribution in [0.5, 0.6) is 0 Å². The van der Waals surface area contributed by atoms with Crippen LogP contribution in [0.3, 0.4) is 0 Å². The Morgan fingerprint density at radius 1 is 1.14 bits per heavy atom. The van der Waals surface area contributed by atoms with Crippen molar-refractivity contribution in [3.8, 4) is 0 Å². The zero-order valence-electron chi connectivity index (χ0n) is 15.6. The highest BCUT2D eigenvalue weighted by Gasteiger charge is 2.27. The maximum atomic E-state index is 13.7. The number of nitrogens with one attached hydrogen (secondary N) is 1. The van der Waals surface area contributed by atoms with Crippen LogP contribution in [0.25, 0.3) is 0 Å². The Balaban J connectivity index is 1.45. The van der Waals surface area contributed by atoms with Crippen LogP contribution in [-0.4, -0.2) is 67.1 Å². The van der Waals surface area contributed by atoms with E-state index in [1.165, 1.54) is 16.4 Å². The number of halogens is 2. The summed E-state index contributed by atoms with van der Waals surface area (Å²) in [5.74, 6) is -0.913. The molecule has 0 saturated carbocycles. The number of nitrogens with zero attached hydrogens (tertiary/aromatic N) is 4. The van der Waals surface area contributed by atoms with Gasteiger partial charge in [-0.15, -0.1) is 0 Å². The van der Waals surface area contributed by atoms with Gasteiger partial charge in [0.05, 0.1) is 16.3 Å². The molecular weight excluding hydrogens is 421 g/mol. The minimum absolute atomic E-state index is 0.00962. The summed E-state index contributed by atoms with van der Waals surface area (Å²) in [6.07, 6.45) is 3.50. The van der Waals surface area contributed by atoms with Gasteiger partial charge in [-0.05, 0) is 24.6 Å². The van der Waals surface area contributed by atoms with Crippen LogP contribution in [-0.2, 0) is 10.0 Å². The minimum atomic E-state index is -3.45. The van der Waals surface area contributed by atoms with Gasteiger partial charge in [-0.2, -0.15) is 4.31 Å². The molecule has 0 radical (unpaired) electrons. The average Bonchev–Trinajstić information content (AvgIpc) is 2.72. The average molecular weight is 442 g/mol. The van der Waals surface area contributed by atoms with Crippen molar-refractivity contribution in [2.75, 3.05) is 43.4 Å². The molecule has 1 aliphatic heterocycles. The number of amides is 1. The Kier molecular flexibility index (Phi) is 6.99. The van der Waals surface area contributed by atoms with E-state index in [4.69, 9.17) is 11.6 Å². The van der Waals surface area contributed by atoms with Gasteiger partial charge in [-0.25, -0.2) is 22.8 Å². The Hall–Kier alpha value is -2.30. The van der Waals surface area contributed by atoms with E-state index in [0.717, 1.165) is 6.07 Å². The molecule has 2 aromatic rings. The van der Waals surface area contributed by atoms with E-state index in [1.54, 1.807) is 18.5 Å². The molecule has 8 nitrogen and oxygen atoms in total. The lowest BCUT2D eigenvalue weighted by atomic mass is 10.2. The smallest absolute Gasteiger partial charge is 0.255 e. The molecule has 0 aliphatic carbocycles. The maximum Gasteiger partial charge on any atom is 0.255 e. The fraction of sp³-hybridized carbons (Fsp3) is 0.389. The topological polar surface area (TPSA) is 95.5 Å². The van der Waals surface area contributed by atoms with Gasteiger partial charge in [0.25, 0.3) is 5.91 Å². The Morgan fingerprint density at radius 2 is 1.83 bits per heavy atom. The molecule has 156 valence electrons. The second-order valence-corrected chi connectivity index (χ2v) is 8.95. The number of anilines is 1. The predicted molar refractivity (Wildman–Crippen MR) is 108 cm³/mol. The van der Waals surface area contributed by atoms with Gasteiger partial charge >= 0.3 is 0 Å². The van der Waals surface area contributed by atoms with Gasteiger partial charge < -0.3 is 10.2 Å². The first-order valence-corrected chi connectivity index (χ1v) is 11.1. The summed E-state index contributed by atoms with van der Waals surface area (Å²) in [7, 11) is -3.45. The van der Waals surface area contributed by atoms with Crippen LogP contribution in [0.2, 0.25) is 5.02 Å². The fourth-order valence-corrected chi connectivity index (χ4v) is 4.75. The van der Waals surface area contributed by atoms with Crippen molar-refractivity contribution < 1.29 is 17.6 Å². The summed E-state index contributed by atoms with van der Waals surface area (Å²) in [4.78, 5) is 22.4. The molecule has 1 saturated heterocycles. The molecule has 1 fully saturated rings. The van der Waals surface area contributed by atoms with E-state index in [9.17, 15) is 17.6 Å². The number of hydrogen-bond donors (Lipinski definition) is 1. The number of piperazine rings is 1. The monoisotopic (exact) mass is 441 g/mol. The lowest BCUT2D eigenvalue weighted by Gasteiger charge is -2.33. The van der Waals surface area contributed by atoms with Gasteiger partial charge in [0.2, 0.25) is 16.0 Å². The summed E-state index contributed by atoms with van der Waals surface area (Å²) < 4.78 is 40.2. The number of rotatable bonds is 7. The Labute approximate surface area is 173 Å². The first-order valence-electron chi connectivity index (χ1n) is 9.10. The molecule has 1 amide bonds. The van der Waals surface area contributed by atoms with Crippen molar-refractivity contribution in [2.24, 2.45) is 0 Å². The second-order valence-electron chi connectivity index (χ2n) is 6.46. The van der Waals surface area contributed by atoms with Crippen molar-refractivity contribution in [1.82, 2.24) is 19.6 Å². The number of carbonyl (C=O) groups is 1. The number of hydrogen-bond acceptors (Lipinski definition) is 6. The van der Waals surface area contributed by atoms with Gasteiger partial charge in [-0.3, -0.25) is 4.79 Å². The summed E-state index contributed by atoms with van der Waals surface area (Å²) in [6.45, 7) is 1.80. The highest BCUT2D eigenvalue weighted by molar-refractivity contribution is 7.89. The first kappa shape index (κ1) is 21.4. The molecule has 29 heavy (non-hydrogen) atoms. The maximum absolute atomic E-state index is 13.7. The van der Waals surface area contributed by atoms with E-state index >= 15 is 0 Å². The first-order chi connectivity index (χ1) is 13.9. The normalized spacial score (nSPS) is 15.3. The molecular formula is C18H21ClFN5O3S. The summed E-state index contributed by atoms with van der Waals surface area (Å²) in [5, 5.41) is 2.52. The SMILES string of the molecule is O=C(NCCCS(=O)(=O)N1CCN(c2ncccn2)CC1)c1c(F)cccc1Cl. The van der Waals surface area contributed by atoms with E-state index in [1.807, 2.05) is 4.90 Å². The fourth-order valence-electron chi connectivity index (χ4n) is 3.01. The molecule has 0 unspecified atom stereocenters. The standard InChI is InChI=1S/C18H21ClFN5O3S/c19-14-4-1-5-15(20)16(14)17(26)21-8-3-13-29(27,28)25-11-9-24(10-12-25)18-22-6-2-7-23-18/h1-2,4-7H,3,8-13H2,(H,21,26). The van der Waals surface area contributed by atoms with Crippen molar-refractivity contribution in [3.05, 3.63) is 53.1 Å². The zero-order valence-corrected chi connectivity index (χ0v) is 17.2. The van der Waals surface area contributed by atoms with Crippen LogP contribution in [0.15, 0.2) is 36.7 Å². The molecule has 2 heterocycles. The Morgan fingerprint density at radius 3 is 2.48 bits per heavy atom. The van der Waals surface area contributed by atoms with E-state index < -0.39 is 21.7 Å². The predicted octanol–water partition coefficient (Wildman–Crippen LogP) is 1.54. The number of sulfonamides is 1. The van der Waals surface area contributed by atoms with Crippen LogP contribution in [0, 0.1) is 5.82 Å². The van der Waals surface area contributed by atoms with Gasteiger partial charge in [0.15, 0.2) is 0 Å². The molecule has 1 aromatic carbocycles. The quantitative estimate of drug-likeness (QED) is 0.655. The highest BCUT2D eigenvalue weighted by atomic mass is 35.5. The molecule has 0 atom stereocenters. The van der Waals surface area contributed by atoms with Gasteiger partial charge in [0.1, 0.15) is 5.82 Å². The zero-order chi connectivity index (χ0) is 20.9. The largest absolute Gasteiger partial charge is 0.352 e. The highest BCUT2D eigenvalue weighted by Crippen LogP contribution is 2.18. The van der Waals surface area contributed by atoms with Gasteiger partial charge in [-0.1, -0.05) is 17.7 Å². The number of carbonyl (C=O) groups excluding carboxylic acids is 1. The molecule has 0 spiro atoms. The van der Waals surface area contributed by atoms with Crippen molar-refractivity contribution >= 4 is 33.5 Å². The molecule has 0 bridgehead atoms. The summed E-state index contributed by atoms with van der Waals surface area (Å²) in [6, 6.07) is 5.70. The molecule has 1 aromatic heterocycles. The van der Waals surface area contributed by atoms with E-state index in [2.05, 4.69) is 15.3 Å². The lowest BCUT2D eigenvalue weighted by Crippen LogP contribution is -2.49. The molecule has 11 heteroatoms. The third-order valence-electron chi connectivity index (χ3n) is 4.52. The van der Waals surface area contributed by atoms with Crippen LogP contribution in [0.4, 0.5) is 10.3 Å². The van der Waals surface area contributed by atoms with Crippen molar-refractivity contribution in [2.45, 2.75) is 6.42 Å². The molecule has 1 aliphatic rings. The third kappa shape index (κ3) is 5.40. The van der Waals surface area contributed by atoms with Crippen molar-refractivity contribution in [3.63, 3.8) is 0 Å². The van der Waals surface area contributed by atoms with E-state index in [0.29, 0.717) is 32.1 Å². The van der Waals surface area contributed by atoms with Gasteiger partial charge in [0, 0.05) is 45.1 Å². The Bertz CT molecular complexity index is 933. The minimum Gasteiger partial charge on any atom is -0.352 e. The number of aromatic nitrogens is 2. The second kappa shape index (κ2) is 9.47. The molecule has 3 rings (SSSR count). The summed E-state index contributed by atoms with van der Waals surface area (Å²) in [5.41, 5.74) is -0.240. The number of benzene rings is 1.